The van der Waals surface area contributed by atoms with Gasteiger partial charge in [-0.15, -0.1) is 0 Å². The molecule has 0 aromatic heterocycles. The Kier molecular flexibility index (Phi) is 11.8. The number of sulfonamides is 1. The van der Waals surface area contributed by atoms with Crippen molar-refractivity contribution < 1.29 is 18.0 Å². The van der Waals surface area contributed by atoms with Gasteiger partial charge in [-0.3, -0.25) is 13.9 Å². The summed E-state index contributed by atoms with van der Waals surface area (Å²) in [6, 6.07) is 28.7. The van der Waals surface area contributed by atoms with Crippen LogP contribution < -0.4 is 9.62 Å². The quantitative estimate of drug-likeness (QED) is 0.160. The van der Waals surface area contributed by atoms with Crippen LogP contribution in [0.25, 0.3) is 0 Å². The first-order valence-electron chi connectivity index (χ1n) is 14.7. The van der Waals surface area contributed by atoms with Crippen LogP contribution in [0.5, 0.6) is 0 Å². The monoisotopic (exact) mass is 709 g/mol. The Balaban J connectivity index is 1.80. The lowest BCUT2D eigenvalue weighted by Gasteiger charge is -2.34. The molecule has 4 aromatic carbocycles. The molecule has 7 nitrogen and oxygen atoms in total. The molecule has 0 spiro atoms. The number of benzene rings is 4. The zero-order valence-corrected chi connectivity index (χ0v) is 28.6. The van der Waals surface area contributed by atoms with E-state index in [9.17, 15) is 18.0 Å². The van der Waals surface area contributed by atoms with Crippen molar-refractivity contribution in [2.45, 2.75) is 57.1 Å². The molecule has 0 unspecified atom stereocenters. The fraction of sp³-hybridized carbons (Fsp3) is 0.257. The second-order valence-corrected chi connectivity index (χ2v) is 14.2. The first-order chi connectivity index (χ1) is 21.5. The highest BCUT2D eigenvalue weighted by Crippen LogP contribution is 2.27. The van der Waals surface area contributed by atoms with E-state index >= 15 is 0 Å². The number of carbonyl (C=O) groups is 2. The molecule has 236 valence electrons. The summed E-state index contributed by atoms with van der Waals surface area (Å²) in [5, 5.41) is 3.53. The van der Waals surface area contributed by atoms with E-state index in [0.717, 1.165) is 19.9 Å². The van der Waals surface area contributed by atoms with Crippen molar-refractivity contribution in [3.8, 4) is 0 Å². The van der Waals surface area contributed by atoms with Gasteiger partial charge in [0.15, 0.2) is 0 Å². The van der Waals surface area contributed by atoms with Crippen LogP contribution in [0.3, 0.4) is 0 Å². The first kappa shape index (κ1) is 34.2. The van der Waals surface area contributed by atoms with Crippen molar-refractivity contribution in [2.24, 2.45) is 0 Å². The summed E-state index contributed by atoms with van der Waals surface area (Å²) < 4.78 is 30.1. The molecule has 2 atom stereocenters. The molecule has 0 aliphatic rings. The molecule has 0 radical (unpaired) electrons. The zero-order valence-electron chi connectivity index (χ0n) is 25.5. The van der Waals surface area contributed by atoms with E-state index < -0.39 is 28.5 Å². The maximum absolute atomic E-state index is 14.5. The summed E-state index contributed by atoms with van der Waals surface area (Å²) in [6.45, 7) is 5.27. The highest BCUT2D eigenvalue weighted by Gasteiger charge is 2.35. The van der Waals surface area contributed by atoms with Crippen molar-refractivity contribution in [1.29, 1.82) is 0 Å². The van der Waals surface area contributed by atoms with Crippen LogP contribution in [0.4, 0.5) is 5.69 Å². The van der Waals surface area contributed by atoms with Gasteiger partial charge >= 0.3 is 0 Å². The maximum Gasteiger partial charge on any atom is 0.264 e. The molecule has 0 saturated carbocycles. The molecule has 45 heavy (non-hydrogen) atoms. The summed E-state index contributed by atoms with van der Waals surface area (Å²) in [7, 11) is -4.17. The molecule has 0 fully saturated rings. The molecule has 4 aromatic rings. The van der Waals surface area contributed by atoms with E-state index in [1.807, 2.05) is 57.2 Å². The predicted molar refractivity (Wildman–Crippen MR) is 184 cm³/mol. The van der Waals surface area contributed by atoms with Crippen molar-refractivity contribution >= 4 is 55.1 Å². The fourth-order valence-corrected chi connectivity index (χ4v) is 6.69. The van der Waals surface area contributed by atoms with Gasteiger partial charge in [0.1, 0.15) is 12.6 Å². The summed E-state index contributed by atoms with van der Waals surface area (Å²) in [5.41, 5.74) is 2.80. The topological polar surface area (TPSA) is 86.8 Å². The molecule has 0 aliphatic heterocycles. The van der Waals surface area contributed by atoms with Gasteiger partial charge in [-0.2, -0.15) is 0 Å². The summed E-state index contributed by atoms with van der Waals surface area (Å²) >= 11 is 9.72. The minimum Gasteiger partial charge on any atom is -0.352 e. The Labute approximate surface area is 279 Å². The number of carbonyl (C=O) groups excluding carboxylic acids is 2. The lowest BCUT2D eigenvalue weighted by atomic mass is 10.0. The molecular formula is C35H37BrClN3O4S. The van der Waals surface area contributed by atoms with Crippen molar-refractivity contribution in [2.75, 3.05) is 10.8 Å². The van der Waals surface area contributed by atoms with Gasteiger partial charge in [0, 0.05) is 28.5 Å². The SMILES string of the molecule is CC[C@H](C)NC(=O)[C@@H](Cc1ccccc1)N(Cc1cccc(Cl)c1)C(=O)CN(c1ccc(Br)cc1)S(=O)(=O)c1ccc(C)cc1. The lowest BCUT2D eigenvalue weighted by Crippen LogP contribution is -2.54. The molecule has 0 aliphatic carbocycles. The van der Waals surface area contributed by atoms with E-state index in [2.05, 4.69) is 21.2 Å². The average Bonchev–Trinajstić information content (AvgIpc) is 3.02. The minimum atomic E-state index is -4.17. The summed E-state index contributed by atoms with van der Waals surface area (Å²) in [4.78, 5) is 29.9. The van der Waals surface area contributed by atoms with Gasteiger partial charge in [-0.25, -0.2) is 8.42 Å². The molecule has 0 bridgehead atoms. The van der Waals surface area contributed by atoms with E-state index in [1.54, 1.807) is 54.6 Å². The van der Waals surface area contributed by atoms with Gasteiger partial charge in [0.05, 0.1) is 10.6 Å². The second kappa shape index (κ2) is 15.6. The highest BCUT2D eigenvalue weighted by atomic mass is 79.9. The van der Waals surface area contributed by atoms with Crippen molar-refractivity contribution in [3.05, 3.63) is 129 Å². The largest absolute Gasteiger partial charge is 0.352 e. The number of anilines is 1. The zero-order chi connectivity index (χ0) is 32.6. The third kappa shape index (κ3) is 9.19. The van der Waals surface area contributed by atoms with Crippen molar-refractivity contribution in [3.63, 3.8) is 0 Å². The third-order valence-corrected chi connectivity index (χ3v) is 10.1. The second-order valence-electron chi connectivity index (χ2n) is 11.0. The Morgan fingerprint density at radius 3 is 2.16 bits per heavy atom. The number of hydrogen-bond acceptors (Lipinski definition) is 4. The number of rotatable bonds is 13. The molecule has 0 heterocycles. The van der Waals surface area contributed by atoms with Crippen LogP contribution in [0, 0.1) is 6.92 Å². The highest BCUT2D eigenvalue weighted by molar-refractivity contribution is 9.10. The van der Waals surface area contributed by atoms with E-state index in [0.29, 0.717) is 22.7 Å². The smallest absolute Gasteiger partial charge is 0.264 e. The molecule has 0 saturated heterocycles. The Morgan fingerprint density at radius 1 is 0.889 bits per heavy atom. The van der Waals surface area contributed by atoms with Gasteiger partial charge in [-0.1, -0.05) is 94.6 Å². The number of amides is 2. The standard InChI is InChI=1S/C35H37BrClN3O4S/c1-4-26(3)38-35(42)33(22-27-9-6-5-7-10-27)39(23-28-11-8-12-30(37)21-28)34(41)24-40(31-17-15-29(36)16-18-31)45(43,44)32-19-13-25(2)14-20-32/h5-21,26,33H,4,22-24H2,1-3H3,(H,38,42)/t26-,33+/m0/s1. The Morgan fingerprint density at radius 2 is 1.53 bits per heavy atom. The minimum absolute atomic E-state index is 0.0452. The molecular weight excluding hydrogens is 674 g/mol. The number of aryl methyl sites for hydroxylation is 1. The summed E-state index contributed by atoms with van der Waals surface area (Å²) in [6.07, 6.45) is 0.941. The van der Waals surface area contributed by atoms with Gasteiger partial charge in [0.2, 0.25) is 11.8 Å². The van der Waals surface area contributed by atoms with Crippen LogP contribution in [-0.2, 0) is 32.6 Å². The molecule has 10 heteroatoms. The van der Waals surface area contributed by atoms with Gasteiger partial charge < -0.3 is 10.2 Å². The first-order valence-corrected chi connectivity index (χ1v) is 17.3. The Bertz CT molecular complexity index is 1700. The third-order valence-electron chi connectivity index (χ3n) is 7.52. The van der Waals surface area contributed by atoms with Crippen LogP contribution in [0.2, 0.25) is 5.02 Å². The van der Waals surface area contributed by atoms with Crippen LogP contribution in [-0.4, -0.2) is 43.8 Å². The van der Waals surface area contributed by atoms with E-state index in [4.69, 9.17) is 11.6 Å². The van der Waals surface area contributed by atoms with Crippen molar-refractivity contribution in [1.82, 2.24) is 10.2 Å². The van der Waals surface area contributed by atoms with E-state index in [1.165, 1.54) is 17.0 Å². The number of nitrogens with zero attached hydrogens (tertiary/aromatic N) is 2. The van der Waals surface area contributed by atoms with Crippen LogP contribution in [0.1, 0.15) is 37.0 Å². The molecule has 1 N–H and O–H groups in total. The number of hydrogen-bond donors (Lipinski definition) is 1. The average molecular weight is 711 g/mol. The summed E-state index contributed by atoms with van der Waals surface area (Å²) in [5.74, 6) is -0.853. The van der Waals surface area contributed by atoms with Crippen LogP contribution >= 0.6 is 27.5 Å². The number of nitrogens with one attached hydrogen (secondary N) is 1. The molecule has 2 amide bonds. The van der Waals surface area contributed by atoms with Gasteiger partial charge in [0.25, 0.3) is 10.0 Å². The van der Waals surface area contributed by atoms with Gasteiger partial charge in [-0.05, 0) is 79.9 Å². The normalized spacial score (nSPS) is 12.6. The number of halogens is 2. The Hall–Kier alpha value is -3.66. The van der Waals surface area contributed by atoms with Crippen LogP contribution in [0.15, 0.2) is 112 Å². The van der Waals surface area contributed by atoms with E-state index in [-0.39, 0.29) is 29.8 Å². The molecule has 4 rings (SSSR count). The fourth-order valence-electron chi connectivity index (χ4n) is 4.80. The maximum atomic E-state index is 14.5. The predicted octanol–water partition coefficient (Wildman–Crippen LogP) is 7.16. The lowest BCUT2D eigenvalue weighted by molar-refractivity contribution is -0.140.